The van der Waals surface area contributed by atoms with Crippen molar-refractivity contribution in [3.63, 3.8) is 0 Å². The summed E-state index contributed by atoms with van der Waals surface area (Å²) in [6.45, 7) is 3.63. The van der Waals surface area contributed by atoms with E-state index in [1.165, 1.54) is 6.07 Å². The van der Waals surface area contributed by atoms with Gasteiger partial charge < -0.3 is 4.74 Å². The van der Waals surface area contributed by atoms with E-state index >= 15 is 0 Å². The Hall–Kier alpha value is -2.04. The number of alkyl halides is 3. The Kier molecular flexibility index (Phi) is 3.70. The molecule has 2 aromatic rings. The highest BCUT2D eigenvalue weighted by atomic mass is 19.4. The zero-order chi connectivity index (χ0) is 14.9. The minimum Gasteiger partial charge on any atom is -0.457 e. The lowest BCUT2D eigenvalue weighted by molar-refractivity contribution is -0.140. The molecule has 106 valence electrons. The summed E-state index contributed by atoms with van der Waals surface area (Å²) >= 11 is 0. The largest absolute Gasteiger partial charge is 0.457 e. The fraction of sp³-hybridized carbons (Fsp3) is 0.200. The Morgan fingerprint density at radius 2 is 1.65 bits per heavy atom. The maximum Gasteiger partial charge on any atom is 0.419 e. The van der Waals surface area contributed by atoms with Crippen molar-refractivity contribution in [1.29, 1.82) is 0 Å². The molecule has 1 nitrogen and oxygen atoms in total. The molecule has 0 saturated carbocycles. The van der Waals surface area contributed by atoms with Gasteiger partial charge in [0.1, 0.15) is 17.3 Å². The molecule has 0 amide bonds. The van der Waals surface area contributed by atoms with Gasteiger partial charge in [-0.2, -0.15) is 13.2 Å². The summed E-state index contributed by atoms with van der Waals surface area (Å²) < 4.78 is 56.4. The van der Waals surface area contributed by atoms with Gasteiger partial charge in [0.15, 0.2) is 0 Å². The van der Waals surface area contributed by atoms with E-state index in [0.717, 1.165) is 17.2 Å². The van der Waals surface area contributed by atoms with Crippen LogP contribution in [-0.4, -0.2) is 0 Å². The lowest BCUT2D eigenvalue weighted by Crippen LogP contribution is -2.08. The first-order chi connectivity index (χ1) is 9.27. The number of ether oxygens (including phenoxy) is 1. The summed E-state index contributed by atoms with van der Waals surface area (Å²) in [4.78, 5) is 0. The van der Waals surface area contributed by atoms with Crippen LogP contribution in [0.3, 0.4) is 0 Å². The molecule has 0 aliphatic rings. The molecule has 0 N–H and O–H groups in total. The van der Waals surface area contributed by atoms with Gasteiger partial charge in [0.05, 0.1) is 5.56 Å². The van der Waals surface area contributed by atoms with Gasteiger partial charge in [-0.15, -0.1) is 0 Å². The number of halogens is 4. The number of rotatable bonds is 2. The van der Waals surface area contributed by atoms with Crippen molar-refractivity contribution < 1.29 is 22.3 Å². The molecule has 0 aromatic heterocycles. The van der Waals surface area contributed by atoms with Crippen LogP contribution in [0.15, 0.2) is 36.4 Å². The van der Waals surface area contributed by atoms with Gasteiger partial charge in [-0.1, -0.05) is 12.1 Å². The second-order valence-electron chi connectivity index (χ2n) is 4.51. The van der Waals surface area contributed by atoms with Crippen molar-refractivity contribution >= 4 is 0 Å². The molecular weight excluding hydrogens is 272 g/mol. The van der Waals surface area contributed by atoms with E-state index in [2.05, 4.69) is 0 Å². The van der Waals surface area contributed by atoms with Crippen LogP contribution < -0.4 is 4.74 Å². The third-order valence-corrected chi connectivity index (χ3v) is 2.81. The molecule has 20 heavy (non-hydrogen) atoms. The van der Waals surface area contributed by atoms with Gasteiger partial charge in [-0.3, -0.25) is 0 Å². The normalized spacial score (nSPS) is 11.5. The monoisotopic (exact) mass is 284 g/mol. The predicted octanol–water partition coefficient (Wildman–Crippen LogP) is 5.25. The fourth-order valence-corrected chi connectivity index (χ4v) is 1.73. The molecule has 0 atom stereocenters. The average molecular weight is 284 g/mol. The SMILES string of the molecule is Cc1ccc(C)c(Oc2ccc(F)c(C(F)(F)F)c2)c1. The van der Waals surface area contributed by atoms with Crippen molar-refractivity contribution in [2.75, 3.05) is 0 Å². The predicted molar refractivity (Wildman–Crippen MR) is 67.4 cm³/mol. The summed E-state index contributed by atoms with van der Waals surface area (Å²) in [5, 5.41) is 0. The number of aryl methyl sites for hydroxylation is 2. The molecule has 0 aliphatic carbocycles. The molecular formula is C15H12F4O. The van der Waals surface area contributed by atoms with Crippen molar-refractivity contribution in [3.05, 3.63) is 58.9 Å². The van der Waals surface area contributed by atoms with Crippen molar-refractivity contribution in [2.45, 2.75) is 20.0 Å². The Morgan fingerprint density at radius 3 is 2.30 bits per heavy atom. The van der Waals surface area contributed by atoms with Gasteiger partial charge in [0, 0.05) is 0 Å². The molecule has 0 radical (unpaired) electrons. The zero-order valence-electron chi connectivity index (χ0n) is 10.9. The Bertz CT molecular complexity index is 632. The molecule has 0 unspecified atom stereocenters. The molecule has 0 bridgehead atoms. The van der Waals surface area contributed by atoms with E-state index in [-0.39, 0.29) is 5.75 Å². The van der Waals surface area contributed by atoms with Crippen LogP contribution in [0.1, 0.15) is 16.7 Å². The first kappa shape index (κ1) is 14.4. The van der Waals surface area contributed by atoms with Crippen LogP contribution >= 0.6 is 0 Å². The topological polar surface area (TPSA) is 9.23 Å². The Morgan fingerprint density at radius 1 is 0.950 bits per heavy atom. The minimum absolute atomic E-state index is 0.0487. The van der Waals surface area contributed by atoms with Gasteiger partial charge >= 0.3 is 6.18 Å². The van der Waals surface area contributed by atoms with Gasteiger partial charge in [0.2, 0.25) is 0 Å². The van der Waals surface area contributed by atoms with Crippen molar-refractivity contribution in [3.8, 4) is 11.5 Å². The summed E-state index contributed by atoms with van der Waals surface area (Å²) in [5.74, 6) is -0.914. The highest BCUT2D eigenvalue weighted by Gasteiger charge is 2.34. The van der Waals surface area contributed by atoms with E-state index in [9.17, 15) is 17.6 Å². The van der Waals surface area contributed by atoms with Gasteiger partial charge in [0.25, 0.3) is 0 Å². The second-order valence-corrected chi connectivity index (χ2v) is 4.51. The summed E-state index contributed by atoms with van der Waals surface area (Å²) in [7, 11) is 0. The first-order valence-electron chi connectivity index (χ1n) is 5.89. The van der Waals surface area contributed by atoms with Crippen LogP contribution in [0.2, 0.25) is 0 Å². The summed E-state index contributed by atoms with van der Waals surface area (Å²) in [5.41, 5.74) is 0.373. The summed E-state index contributed by atoms with van der Waals surface area (Å²) in [6, 6.07) is 7.98. The quantitative estimate of drug-likeness (QED) is 0.684. The van der Waals surface area contributed by atoms with E-state index in [4.69, 9.17) is 4.74 Å². The summed E-state index contributed by atoms with van der Waals surface area (Å²) in [6.07, 6.45) is -4.74. The number of benzene rings is 2. The lowest BCUT2D eigenvalue weighted by atomic mass is 10.1. The average Bonchev–Trinajstić information content (AvgIpc) is 2.35. The number of hydrogen-bond donors (Lipinski definition) is 0. The molecule has 0 heterocycles. The van der Waals surface area contributed by atoms with Crippen LogP contribution in [-0.2, 0) is 6.18 Å². The van der Waals surface area contributed by atoms with Crippen LogP contribution in [0.25, 0.3) is 0 Å². The lowest BCUT2D eigenvalue weighted by Gasteiger charge is -2.12. The van der Waals surface area contributed by atoms with E-state index in [1.807, 2.05) is 13.0 Å². The van der Waals surface area contributed by atoms with Crippen molar-refractivity contribution in [2.24, 2.45) is 0 Å². The zero-order valence-corrected chi connectivity index (χ0v) is 10.9. The minimum atomic E-state index is -4.74. The van der Waals surface area contributed by atoms with Gasteiger partial charge in [-0.05, 0) is 49.2 Å². The highest BCUT2D eigenvalue weighted by molar-refractivity contribution is 5.41. The molecule has 0 saturated heterocycles. The third-order valence-electron chi connectivity index (χ3n) is 2.81. The third kappa shape index (κ3) is 3.10. The van der Waals surface area contributed by atoms with E-state index in [1.54, 1.807) is 19.1 Å². The molecule has 0 spiro atoms. The first-order valence-corrected chi connectivity index (χ1v) is 5.89. The highest BCUT2D eigenvalue weighted by Crippen LogP contribution is 2.35. The van der Waals surface area contributed by atoms with Crippen LogP contribution in [0.5, 0.6) is 11.5 Å². The molecule has 0 fully saturated rings. The molecule has 2 aromatic carbocycles. The van der Waals surface area contributed by atoms with Crippen molar-refractivity contribution in [1.82, 2.24) is 0 Å². The van der Waals surface area contributed by atoms with E-state index in [0.29, 0.717) is 11.8 Å². The fourth-order valence-electron chi connectivity index (χ4n) is 1.73. The Labute approximate surface area is 113 Å². The molecule has 5 heteroatoms. The second kappa shape index (κ2) is 5.15. The van der Waals surface area contributed by atoms with Crippen LogP contribution in [0, 0.1) is 19.7 Å². The van der Waals surface area contributed by atoms with Gasteiger partial charge in [-0.25, -0.2) is 4.39 Å². The Balaban J connectivity index is 2.37. The smallest absolute Gasteiger partial charge is 0.419 e. The van der Waals surface area contributed by atoms with Crippen LogP contribution in [0.4, 0.5) is 17.6 Å². The standard InChI is InChI=1S/C15H12F4O/c1-9-3-4-10(2)14(7-9)20-11-5-6-13(16)12(8-11)15(17,18)19/h3-8H,1-2H3. The molecule has 0 aliphatic heterocycles. The van der Waals surface area contributed by atoms with E-state index < -0.39 is 17.6 Å². The number of hydrogen-bond acceptors (Lipinski definition) is 1. The maximum atomic E-state index is 13.2. The maximum absolute atomic E-state index is 13.2. The molecule has 2 rings (SSSR count).